The molecular weight excluding hydrogens is 264 g/mol. The normalized spacial score (nSPS) is 12.9. The number of benzene rings is 1. The van der Waals surface area contributed by atoms with Gasteiger partial charge >= 0.3 is 5.97 Å². The highest BCUT2D eigenvalue weighted by Crippen LogP contribution is 2.39. The van der Waals surface area contributed by atoms with Crippen LogP contribution in [0.25, 0.3) is 0 Å². The van der Waals surface area contributed by atoms with E-state index in [1.165, 1.54) is 0 Å². The number of rotatable bonds is 3. The Labute approximate surface area is 127 Å². The molecule has 21 heavy (non-hydrogen) atoms. The molecule has 3 nitrogen and oxygen atoms in total. The van der Waals surface area contributed by atoms with Gasteiger partial charge in [0.25, 0.3) is 0 Å². The maximum absolute atomic E-state index is 10.6. The maximum atomic E-state index is 10.6. The lowest BCUT2D eigenvalue weighted by atomic mass is 9.78. The number of phenols is 1. The quantitative estimate of drug-likeness (QED) is 0.821. The number of aliphatic carboxylic acids is 1. The van der Waals surface area contributed by atoms with Gasteiger partial charge in [-0.2, -0.15) is 0 Å². The summed E-state index contributed by atoms with van der Waals surface area (Å²) in [6, 6.07) is 3.94. The Kier molecular flexibility index (Phi) is 4.87. The van der Waals surface area contributed by atoms with Crippen LogP contribution in [0.5, 0.6) is 5.75 Å². The lowest BCUT2D eigenvalue weighted by Crippen LogP contribution is -2.17. The van der Waals surface area contributed by atoms with Gasteiger partial charge in [0.15, 0.2) is 0 Å². The average molecular weight is 290 g/mol. The third-order valence-corrected chi connectivity index (χ3v) is 3.40. The fraction of sp³-hybridized carbons (Fsp3) is 0.500. The number of hydrogen-bond acceptors (Lipinski definition) is 2. The molecule has 0 aromatic heterocycles. The van der Waals surface area contributed by atoms with Crippen molar-refractivity contribution in [3.8, 4) is 5.75 Å². The second kappa shape index (κ2) is 5.92. The molecule has 0 amide bonds. The van der Waals surface area contributed by atoms with Crippen molar-refractivity contribution in [2.75, 3.05) is 0 Å². The molecule has 0 aliphatic rings. The Morgan fingerprint density at radius 2 is 1.48 bits per heavy atom. The number of allylic oxidation sites excluding steroid dienone is 1. The molecule has 0 bridgehead atoms. The van der Waals surface area contributed by atoms with Crippen LogP contribution in [0.4, 0.5) is 0 Å². The van der Waals surface area contributed by atoms with Crippen molar-refractivity contribution in [1.82, 2.24) is 0 Å². The molecule has 0 saturated carbocycles. The Morgan fingerprint density at radius 3 is 1.81 bits per heavy atom. The molecule has 0 radical (unpaired) electrons. The molecule has 0 heterocycles. The van der Waals surface area contributed by atoms with Gasteiger partial charge in [-0.1, -0.05) is 59.8 Å². The van der Waals surface area contributed by atoms with Crippen molar-refractivity contribution in [3.63, 3.8) is 0 Å². The maximum Gasteiger partial charge on any atom is 0.327 e. The summed E-state index contributed by atoms with van der Waals surface area (Å²) in [5.41, 5.74) is 2.47. The van der Waals surface area contributed by atoms with Crippen molar-refractivity contribution < 1.29 is 15.0 Å². The van der Waals surface area contributed by atoms with Gasteiger partial charge < -0.3 is 10.2 Å². The molecule has 0 unspecified atom stereocenters. The molecule has 0 saturated heterocycles. The second-order valence-electron chi connectivity index (χ2n) is 7.48. The van der Waals surface area contributed by atoms with E-state index >= 15 is 0 Å². The van der Waals surface area contributed by atoms with E-state index in [1.54, 1.807) is 6.08 Å². The molecule has 0 atom stereocenters. The van der Waals surface area contributed by atoms with Crippen molar-refractivity contribution in [2.24, 2.45) is 0 Å². The number of carboxylic acid groups (broad SMARTS) is 1. The molecule has 116 valence electrons. The van der Waals surface area contributed by atoms with Gasteiger partial charge in [-0.15, -0.1) is 0 Å². The molecule has 0 fully saturated rings. The summed E-state index contributed by atoms with van der Waals surface area (Å²) in [4.78, 5) is 10.6. The lowest BCUT2D eigenvalue weighted by molar-refractivity contribution is -0.131. The zero-order valence-electron chi connectivity index (χ0n) is 13.8. The van der Waals surface area contributed by atoms with Crippen LogP contribution in [-0.2, 0) is 22.0 Å². The summed E-state index contributed by atoms with van der Waals surface area (Å²) < 4.78 is 0. The Morgan fingerprint density at radius 1 is 1.05 bits per heavy atom. The molecular formula is C18H26O3. The third-order valence-electron chi connectivity index (χ3n) is 3.40. The third kappa shape index (κ3) is 4.62. The first-order valence-corrected chi connectivity index (χ1v) is 7.19. The van der Waals surface area contributed by atoms with E-state index in [1.807, 2.05) is 12.1 Å². The first kappa shape index (κ1) is 17.3. The summed E-state index contributed by atoms with van der Waals surface area (Å²) in [7, 11) is 0. The second-order valence-corrected chi connectivity index (χ2v) is 7.48. The van der Waals surface area contributed by atoms with Gasteiger partial charge in [0, 0.05) is 6.08 Å². The van der Waals surface area contributed by atoms with E-state index in [2.05, 4.69) is 41.5 Å². The summed E-state index contributed by atoms with van der Waals surface area (Å²) >= 11 is 0. The standard InChI is InChI=1S/C18H26O3/c1-17(2,3)13-10-12(8-7-9-15(19)20)11-14(16(13)21)18(4,5)6/h7,9-11,21H,8H2,1-6H3,(H,19,20)/b9-7+. The average Bonchev–Trinajstić information content (AvgIpc) is 2.27. The van der Waals surface area contributed by atoms with E-state index in [0.717, 1.165) is 22.8 Å². The zero-order chi connectivity index (χ0) is 16.4. The van der Waals surface area contributed by atoms with Gasteiger partial charge in [0.2, 0.25) is 0 Å². The molecule has 1 aromatic carbocycles. The first-order chi connectivity index (χ1) is 9.43. The van der Waals surface area contributed by atoms with Gasteiger partial charge in [0.1, 0.15) is 5.75 Å². The SMILES string of the molecule is CC(C)(C)c1cc(C/C=C/C(=O)O)cc(C(C)(C)C)c1O. The van der Waals surface area contributed by atoms with Gasteiger partial charge in [-0.25, -0.2) is 4.79 Å². The highest BCUT2D eigenvalue weighted by atomic mass is 16.4. The van der Waals surface area contributed by atoms with Gasteiger partial charge in [0.05, 0.1) is 0 Å². The molecule has 0 spiro atoms. The van der Waals surface area contributed by atoms with Crippen LogP contribution in [-0.4, -0.2) is 16.2 Å². The predicted octanol–water partition coefficient (Wildman–Crippen LogP) is 4.17. The molecule has 2 N–H and O–H groups in total. The number of carboxylic acids is 1. The lowest BCUT2D eigenvalue weighted by Gasteiger charge is -2.28. The van der Waals surface area contributed by atoms with Crippen molar-refractivity contribution in [2.45, 2.75) is 58.8 Å². The predicted molar refractivity (Wildman–Crippen MR) is 86.0 cm³/mol. The van der Waals surface area contributed by atoms with Crippen LogP contribution in [0.1, 0.15) is 58.2 Å². The highest BCUT2D eigenvalue weighted by molar-refractivity contribution is 5.79. The van der Waals surface area contributed by atoms with Crippen LogP contribution in [0.3, 0.4) is 0 Å². The fourth-order valence-corrected chi connectivity index (χ4v) is 2.25. The Balaban J connectivity index is 3.37. The van der Waals surface area contributed by atoms with Crippen molar-refractivity contribution >= 4 is 5.97 Å². The van der Waals surface area contributed by atoms with E-state index in [9.17, 15) is 9.90 Å². The molecule has 3 heteroatoms. The first-order valence-electron chi connectivity index (χ1n) is 7.19. The smallest absolute Gasteiger partial charge is 0.327 e. The van der Waals surface area contributed by atoms with Crippen LogP contribution >= 0.6 is 0 Å². The number of carbonyl (C=O) groups is 1. The number of phenolic OH excluding ortho intramolecular Hbond substituents is 1. The summed E-state index contributed by atoms with van der Waals surface area (Å²) in [5.74, 6) is -0.596. The highest BCUT2D eigenvalue weighted by Gasteiger charge is 2.26. The fourth-order valence-electron chi connectivity index (χ4n) is 2.25. The van der Waals surface area contributed by atoms with E-state index in [4.69, 9.17) is 5.11 Å². The molecule has 0 aliphatic heterocycles. The minimum Gasteiger partial charge on any atom is -0.507 e. The van der Waals surface area contributed by atoms with Gasteiger partial charge in [-0.05, 0) is 33.9 Å². The monoisotopic (exact) mass is 290 g/mol. The van der Waals surface area contributed by atoms with Crippen LogP contribution in [0.15, 0.2) is 24.3 Å². The minimum atomic E-state index is -0.944. The van der Waals surface area contributed by atoms with Crippen molar-refractivity contribution in [3.05, 3.63) is 41.0 Å². The van der Waals surface area contributed by atoms with Crippen LogP contribution < -0.4 is 0 Å². The zero-order valence-corrected chi connectivity index (χ0v) is 13.8. The molecule has 1 rings (SSSR count). The summed E-state index contributed by atoms with van der Waals surface area (Å²) in [6.07, 6.45) is 3.33. The topological polar surface area (TPSA) is 57.5 Å². The number of aromatic hydroxyl groups is 1. The largest absolute Gasteiger partial charge is 0.507 e. The van der Waals surface area contributed by atoms with Crippen molar-refractivity contribution in [1.29, 1.82) is 0 Å². The van der Waals surface area contributed by atoms with E-state index < -0.39 is 5.97 Å². The minimum absolute atomic E-state index is 0.170. The molecule has 1 aromatic rings. The number of hydrogen-bond donors (Lipinski definition) is 2. The Bertz CT molecular complexity index is 520. The molecule has 0 aliphatic carbocycles. The van der Waals surface area contributed by atoms with Crippen LogP contribution in [0, 0.1) is 0 Å². The van der Waals surface area contributed by atoms with Gasteiger partial charge in [-0.3, -0.25) is 0 Å². The summed E-state index contributed by atoms with van der Waals surface area (Å²) in [6.45, 7) is 12.4. The van der Waals surface area contributed by atoms with E-state index in [0.29, 0.717) is 12.2 Å². The Hall–Kier alpha value is -1.77. The van der Waals surface area contributed by atoms with Crippen LogP contribution in [0.2, 0.25) is 0 Å². The van der Waals surface area contributed by atoms with E-state index in [-0.39, 0.29) is 10.8 Å². The summed E-state index contributed by atoms with van der Waals surface area (Å²) in [5, 5.41) is 19.3.